The molecule has 1 aromatic rings. The SMILES string of the molecule is Cc1ccc(CNC(=O)N2CCOC[C@H]2C)c(N2CCCC2)n1. The molecule has 0 saturated carbocycles. The van der Waals surface area contributed by atoms with E-state index in [1.807, 2.05) is 24.8 Å². The number of urea groups is 1. The lowest BCUT2D eigenvalue weighted by molar-refractivity contribution is 0.0190. The van der Waals surface area contributed by atoms with Gasteiger partial charge in [-0.2, -0.15) is 0 Å². The van der Waals surface area contributed by atoms with Gasteiger partial charge in [0.15, 0.2) is 0 Å². The molecule has 2 aliphatic heterocycles. The number of anilines is 1. The first-order chi connectivity index (χ1) is 11.1. The highest BCUT2D eigenvalue weighted by atomic mass is 16.5. The van der Waals surface area contributed by atoms with E-state index in [1.165, 1.54) is 12.8 Å². The maximum atomic E-state index is 12.4. The Balaban J connectivity index is 1.66. The molecule has 0 unspecified atom stereocenters. The van der Waals surface area contributed by atoms with E-state index < -0.39 is 0 Å². The van der Waals surface area contributed by atoms with Gasteiger partial charge in [-0.25, -0.2) is 9.78 Å². The van der Waals surface area contributed by atoms with Gasteiger partial charge >= 0.3 is 6.03 Å². The number of morpholine rings is 1. The molecule has 6 heteroatoms. The number of nitrogens with one attached hydrogen (secondary N) is 1. The molecule has 3 heterocycles. The Morgan fingerprint density at radius 2 is 2.13 bits per heavy atom. The number of carbonyl (C=O) groups excluding carboxylic acids is 1. The molecule has 126 valence electrons. The monoisotopic (exact) mass is 318 g/mol. The van der Waals surface area contributed by atoms with Crippen LogP contribution < -0.4 is 10.2 Å². The third-order valence-corrected chi connectivity index (χ3v) is 4.56. The first kappa shape index (κ1) is 16.1. The van der Waals surface area contributed by atoms with Crippen molar-refractivity contribution in [1.29, 1.82) is 0 Å². The van der Waals surface area contributed by atoms with Crippen LogP contribution in [0.1, 0.15) is 31.0 Å². The summed E-state index contributed by atoms with van der Waals surface area (Å²) in [6, 6.07) is 4.20. The van der Waals surface area contributed by atoms with E-state index in [0.29, 0.717) is 26.3 Å². The van der Waals surface area contributed by atoms with Gasteiger partial charge in [0.1, 0.15) is 5.82 Å². The Kier molecular flexibility index (Phi) is 5.00. The molecule has 0 spiro atoms. The lowest BCUT2D eigenvalue weighted by Crippen LogP contribution is -2.51. The van der Waals surface area contributed by atoms with E-state index in [4.69, 9.17) is 9.72 Å². The molecule has 0 aromatic carbocycles. The van der Waals surface area contributed by atoms with Crippen LogP contribution in [-0.4, -0.2) is 54.8 Å². The third-order valence-electron chi connectivity index (χ3n) is 4.56. The number of aryl methyl sites for hydroxylation is 1. The summed E-state index contributed by atoms with van der Waals surface area (Å²) in [6.45, 7) is 8.52. The normalized spacial score (nSPS) is 21.6. The number of aromatic nitrogens is 1. The molecule has 2 fully saturated rings. The van der Waals surface area contributed by atoms with Crippen LogP contribution >= 0.6 is 0 Å². The largest absolute Gasteiger partial charge is 0.377 e. The molecule has 2 saturated heterocycles. The highest BCUT2D eigenvalue weighted by Gasteiger charge is 2.24. The van der Waals surface area contributed by atoms with E-state index in [9.17, 15) is 4.79 Å². The molecule has 1 N–H and O–H groups in total. The molecule has 2 aliphatic rings. The Labute approximate surface area is 137 Å². The molecule has 1 aromatic heterocycles. The lowest BCUT2D eigenvalue weighted by atomic mass is 10.2. The van der Waals surface area contributed by atoms with Crippen molar-refractivity contribution in [2.45, 2.75) is 39.3 Å². The topological polar surface area (TPSA) is 57.7 Å². The van der Waals surface area contributed by atoms with Crippen LogP contribution in [0.4, 0.5) is 10.6 Å². The zero-order valence-electron chi connectivity index (χ0n) is 14.0. The van der Waals surface area contributed by atoms with Gasteiger partial charge in [-0.1, -0.05) is 6.07 Å². The fraction of sp³-hybridized carbons (Fsp3) is 0.647. The Morgan fingerprint density at radius 1 is 1.35 bits per heavy atom. The summed E-state index contributed by atoms with van der Waals surface area (Å²) in [5.74, 6) is 1.03. The molecule has 3 rings (SSSR count). The van der Waals surface area contributed by atoms with Crippen molar-refractivity contribution in [1.82, 2.24) is 15.2 Å². The minimum Gasteiger partial charge on any atom is -0.377 e. The summed E-state index contributed by atoms with van der Waals surface area (Å²) in [6.07, 6.45) is 2.43. The van der Waals surface area contributed by atoms with Crippen LogP contribution in [0.2, 0.25) is 0 Å². The van der Waals surface area contributed by atoms with Crippen LogP contribution in [0.3, 0.4) is 0 Å². The number of hydrogen-bond donors (Lipinski definition) is 1. The number of amides is 2. The maximum absolute atomic E-state index is 12.4. The van der Waals surface area contributed by atoms with Gasteiger partial charge in [0.2, 0.25) is 0 Å². The minimum atomic E-state index is -0.0197. The lowest BCUT2D eigenvalue weighted by Gasteiger charge is -2.33. The van der Waals surface area contributed by atoms with E-state index in [0.717, 1.165) is 30.2 Å². The quantitative estimate of drug-likeness (QED) is 0.925. The van der Waals surface area contributed by atoms with E-state index in [-0.39, 0.29) is 12.1 Å². The third kappa shape index (κ3) is 3.75. The van der Waals surface area contributed by atoms with Gasteiger partial charge in [-0.3, -0.25) is 0 Å². The molecule has 1 atom stereocenters. The number of nitrogens with zero attached hydrogens (tertiary/aromatic N) is 3. The summed E-state index contributed by atoms with van der Waals surface area (Å²) in [4.78, 5) is 21.3. The molecule has 0 radical (unpaired) electrons. The first-order valence-corrected chi connectivity index (χ1v) is 8.49. The van der Waals surface area contributed by atoms with E-state index >= 15 is 0 Å². The Hall–Kier alpha value is -1.82. The molecular formula is C17H26N4O2. The maximum Gasteiger partial charge on any atom is 0.318 e. The predicted octanol–water partition coefficient (Wildman–Crippen LogP) is 1.92. The zero-order valence-corrected chi connectivity index (χ0v) is 14.0. The summed E-state index contributed by atoms with van der Waals surface area (Å²) >= 11 is 0. The Morgan fingerprint density at radius 3 is 2.87 bits per heavy atom. The van der Waals surface area contributed by atoms with Crippen molar-refractivity contribution < 1.29 is 9.53 Å². The summed E-state index contributed by atoms with van der Waals surface area (Å²) in [5.41, 5.74) is 2.11. The molecule has 0 bridgehead atoms. The van der Waals surface area contributed by atoms with Gasteiger partial charge in [0.05, 0.1) is 19.3 Å². The van der Waals surface area contributed by atoms with Crippen LogP contribution in [0.5, 0.6) is 0 Å². The average molecular weight is 318 g/mol. The second-order valence-electron chi connectivity index (χ2n) is 6.41. The second kappa shape index (κ2) is 7.17. The summed E-state index contributed by atoms with van der Waals surface area (Å²) in [7, 11) is 0. The highest BCUT2D eigenvalue weighted by molar-refractivity contribution is 5.74. The molecular weight excluding hydrogens is 292 g/mol. The van der Waals surface area contributed by atoms with Crippen LogP contribution in [0.25, 0.3) is 0 Å². The van der Waals surface area contributed by atoms with Gasteiger partial charge in [0.25, 0.3) is 0 Å². The molecule has 6 nitrogen and oxygen atoms in total. The number of rotatable bonds is 3. The number of hydrogen-bond acceptors (Lipinski definition) is 4. The van der Waals surface area contributed by atoms with Crippen molar-refractivity contribution in [3.05, 3.63) is 23.4 Å². The Bertz CT molecular complexity index is 558. The number of carbonyl (C=O) groups is 1. The zero-order chi connectivity index (χ0) is 16.2. The highest BCUT2D eigenvalue weighted by Crippen LogP contribution is 2.23. The fourth-order valence-electron chi connectivity index (χ4n) is 3.21. The van der Waals surface area contributed by atoms with Gasteiger partial charge in [0, 0.05) is 37.4 Å². The van der Waals surface area contributed by atoms with Gasteiger partial charge < -0.3 is 19.9 Å². The van der Waals surface area contributed by atoms with Crippen molar-refractivity contribution in [2.75, 3.05) is 37.7 Å². The first-order valence-electron chi connectivity index (χ1n) is 8.49. The molecule has 2 amide bonds. The minimum absolute atomic E-state index is 0.0197. The summed E-state index contributed by atoms with van der Waals surface area (Å²) < 4.78 is 5.39. The van der Waals surface area contributed by atoms with Gasteiger partial charge in [-0.15, -0.1) is 0 Å². The van der Waals surface area contributed by atoms with Crippen molar-refractivity contribution in [3.63, 3.8) is 0 Å². The van der Waals surface area contributed by atoms with E-state index in [2.05, 4.69) is 16.3 Å². The predicted molar refractivity (Wildman–Crippen MR) is 89.6 cm³/mol. The standard InChI is InChI=1S/C17H26N4O2/c1-13-5-6-15(16(19-13)20-7-3-4-8-20)11-18-17(22)21-9-10-23-12-14(21)2/h5-6,14H,3-4,7-12H2,1-2H3,(H,18,22)/t14-/m1/s1. The van der Waals surface area contributed by atoms with Crippen molar-refractivity contribution in [3.8, 4) is 0 Å². The summed E-state index contributed by atoms with van der Waals surface area (Å²) in [5, 5.41) is 3.05. The molecule has 23 heavy (non-hydrogen) atoms. The van der Waals surface area contributed by atoms with Crippen LogP contribution in [-0.2, 0) is 11.3 Å². The van der Waals surface area contributed by atoms with Crippen molar-refractivity contribution in [2.24, 2.45) is 0 Å². The van der Waals surface area contributed by atoms with Crippen LogP contribution in [0.15, 0.2) is 12.1 Å². The van der Waals surface area contributed by atoms with Crippen LogP contribution in [0, 0.1) is 6.92 Å². The smallest absolute Gasteiger partial charge is 0.318 e. The van der Waals surface area contributed by atoms with Gasteiger partial charge in [-0.05, 0) is 32.8 Å². The number of pyridine rings is 1. The molecule has 0 aliphatic carbocycles. The van der Waals surface area contributed by atoms with Crippen molar-refractivity contribution >= 4 is 11.8 Å². The second-order valence-corrected chi connectivity index (χ2v) is 6.41. The number of ether oxygens (including phenoxy) is 1. The average Bonchev–Trinajstić information content (AvgIpc) is 3.08. The fourth-order valence-corrected chi connectivity index (χ4v) is 3.21. The van der Waals surface area contributed by atoms with E-state index in [1.54, 1.807) is 0 Å².